The molecule has 0 unspecified atom stereocenters. The fraction of sp³-hybridized carbons (Fsp3) is 0.600. The number of esters is 1. The largest absolute Gasteiger partial charge is 0.469 e. The zero-order valence-electron chi connectivity index (χ0n) is 9.19. The quantitative estimate of drug-likeness (QED) is 0.450. The van der Waals surface area contributed by atoms with Crippen molar-refractivity contribution < 1.29 is 19.1 Å². The lowest BCUT2D eigenvalue weighted by molar-refractivity contribution is -0.141. The van der Waals surface area contributed by atoms with E-state index >= 15 is 0 Å². The molecule has 0 aromatic carbocycles. The van der Waals surface area contributed by atoms with Gasteiger partial charge in [-0.2, -0.15) is 0 Å². The molecular formula is C10H17NO4. The monoisotopic (exact) mass is 215 g/mol. The molecule has 0 N–H and O–H groups in total. The zero-order chi connectivity index (χ0) is 11.7. The molecule has 0 aliphatic rings. The number of carbonyl (C=O) groups excluding carboxylic acids is 2. The summed E-state index contributed by atoms with van der Waals surface area (Å²) in [6, 6.07) is 0. The maximum atomic E-state index is 11.3. The van der Waals surface area contributed by atoms with E-state index in [4.69, 9.17) is 4.74 Å². The van der Waals surface area contributed by atoms with Gasteiger partial charge in [-0.3, -0.25) is 9.59 Å². The standard InChI is InChI=1S/C10H17NO4/c1-4-9(12)11(7-8-14-2)6-5-10(13)15-3/h4H,1,5-8H2,2-3H3. The molecule has 5 nitrogen and oxygen atoms in total. The number of rotatable bonds is 7. The molecule has 0 atom stereocenters. The molecule has 0 spiro atoms. The fourth-order valence-corrected chi connectivity index (χ4v) is 0.991. The highest BCUT2D eigenvalue weighted by Crippen LogP contribution is 1.95. The van der Waals surface area contributed by atoms with Crippen LogP contribution in [-0.2, 0) is 19.1 Å². The van der Waals surface area contributed by atoms with Crippen LogP contribution in [0.1, 0.15) is 6.42 Å². The van der Waals surface area contributed by atoms with Crippen molar-refractivity contribution >= 4 is 11.9 Å². The number of hydrogen-bond donors (Lipinski definition) is 0. The molecule has 0 aromatic rings. The van der Waals surface area contributed by atoms with Crippen LogP contribution >= 0.6 is 0 Å². The SMILES string of the molecule is C=CC(=O)N(CCOC)CCC(=O)OC. The van der Waals surface area contributed by atoms with Crippen LogP contribution in [0.4, 0.5) is 0 Å². The van der Waals surface area contributed by atoms with Gasteiger partial charge in [-0.05, 0) is 6.08 Å². The van der Waals surface area contributed by atoms with Crippen LogP contribution in [0.15, 0.2) is 12.7 Å². The summed E-state index contributed by atoms with van der Waals surface area (Å²) in [5.74, 6) is -0.551. The third kappa shape index (κ3) is 5.85. The van der Waals surface area contributed by atoms with E-state index in [-0.39, 0.29) is 18.3 Å². The number of hydrogen-bond acceptors (Lipinski definition) is 4. The van der Waals surface area contributed by atoms with Crippen molar-refractivity contribution in [2.45, 2.75) is 6.42 Å². The van der Waals surface area contributed by atoms with E-state index in [9.17, 15) is 9.59 Å². The van der Waals surface area contributed by atoms with E-state index in [0.717, 1.165) is 0 Å². The molecular weight excluding hydrogens is 198 g/mol. The van der Waals surface area contributed by atoms with Gasteiger partial charge in [0.1, 0.15) is 0 Å². The number of amides is 1. The summed E-state index contributed by atoms with van der Waals surface area (Å²) in [6.07, 6.45) is 1.40. The van der Waals surface area contributed by atoms with Crippen LogP contribution in [0.2, 0.25) is 0 Å². The van der Waals surface area contributed by atoms with E-state index in [1.807, 2.05) is 0 Å². The first kappa shape index (κ1) is 13.6. The van der Waals surface area contributed by atoms with Crippen LogP contribution in [-0.4, -0.2) is 50.7 Å². The van der Waals surface area contributed by atoms with Crippen LogP contribution < -0.4 is 0 Å². The highest BCUT2D eigenvalue weighted by atomic mass is 16.5. The molecule has 0 saturated heterocycles. The normalized spacial score (nSPS) is 9.47. The second kappa shape index (κ2) is 7.99. The summed E-state index contributed by atoms with van der Waals surface area (Å²) in [7, 11) is 2.87. The molecule has 0 rings (SSSR count). The summed E-state index contributed by atoms with van der Waals surface area (Å²) in [4.78, 5) is 23.7. The van der Waals surface area contributed by atoms with Crippen molar-refractivity contribution in [1.29, 1.82) is 0 Å². The smallest absolute Gasteiger partial charge is 0.307 e. The lowest BCUT2D eigenvalue weighted by Gasteiger charge is -2.19. The Hall–Kier alpha value is -1.36. The van der Waals surface area contributed by atoms with Crippen molar-refractivity contribution in [2.75, 3.05) is 33.9 Å². The van der Waals surface area contributed by atoms with Gasteiger partial charge in [0.25, 0.3) is 0 Å². The Bertz CT molecular complexity index is 227. The molecule has 5 heteroatoms. The first-order valence-corrected chi connectivity index (χ1v) is 4.62. The van der Waals surface area contributed by atoms with Gasteiger partial charge in [-0.15, -0.1) is 0 Å². The van der Waals surface area contributed by atoms with Crippen LogP contribution in [0.5, 0.6) is 0 Å². The van der Waals surface area contributed by atoms with E-state index in [2.05, 4.69) is 11.3 Å². The summed E-state index contributed by atoms with van der Waals surface area (Å²) < 4.78 is 9.34. The predicted octanol–water partition coefficient (Wildman–Crippen LogP) is 0.210. The third-order valence-corrected chi connectivity index (χ3v) is 1.87. The Morgan fingerprint density at radius 1 is 1.33 bits per heavy atom. The average Bonchev–Trinajstić information content (AvgIpc) is 2.27. The van der Waals surface area contributed by atoms with Crippen LogP contribution in [0.25, 0.3) is 0 Å². The van der Waals surface area contributed by atoms with Crippen molar-refractivity contribution in [3.63, 3.8) is 0 Å². The van der Waals surface area contributed by atoms with E-state index in [0.29, 0.717) is 19.7 Å². The first-order valence-electron chi connectivity index (χ1n) is 4.62. The van der Waals surface area contributed by atoms with Gasteiger partial charge in [0.2, 0.25) is 5.91 Å². The number of nitrogens with zero attached hydrogens (tertiary/aromatic N) is 1. The Balaban J connectivity index is 4.06. The van der Waals surface area contributed by atoms with Gasteiger partial charge in [-0.25, -0.2) is 0 Å². The van der Waals surface area contributed by atoms with Crippen LogP contribution in [0.3, 0.4) is 0 Å². The maximum Gasteiger partial charge on any atom is 0.307 e. The summed E-state index contributed by atoms with van der Waals surface area (Å²) in [5, 5.41) is 0. The molecule has 0 aliphatic carbocycles. The Kier molecular flexibility index (Phi) is 7.27. The Morgan fingerprint density at radius 3 is 2.47 bits per heavy atom. The Labute approximate surface area is 89.6 Å². The molecule has 0 fully saturated rings. The Morgan fingerprint density at radius 2 is 2.00 bits per heavy atom. The lowest BCUT2D eigenvalue weighted by Crippen LogP contribution is -2.34. The number of methoxy groups -OCH3 is 2. The summed E-state index contributed by atoms with van der Waals surface area (Å²) in [5.41, 5.74) is 0. The van der Waals surface area contributed by atoms with Gasteiger partial charge >= 0.3 is 5.97 Å². The second-order valence-electron chi connectivity index (χ2n) is 2.85. The van der Waals surface area contributed by atoms with Gasteiger partial charge in [0.05, 0.1) is 20.1 Å². The molecule has 0 aliphatic heterocycles. The van der Waals surface area contributed by atoms with Gasteiger partial charge in [0, 0.05) is 20.2 Å². The molecule has 0 bridgehead atoms. The van der Waals surface area contributed by atoms with Crippen LogP contribution in [0, 0.1) is 0 Å². The van der Waals surface area contributed by atoms with Gasteiger partial charge in [-0.1, -0.05) is 6.58 Å². The number of carbonyl (C=O) groups is 2. The van der Waals surface area contributed by atoms with Gasteiger partial charge in [0.15, 0.2) is 0 Å². The molecule has 0 aromatic heterocycles. The fourth-order valence-electron chi connectivity index (χ4n) is 0.991. The van der Waals surface area contributed by atoms with Crippen molar-refractivity contribution in [3.05, 3.63) is 12.7 Å². The molecule has 0 heterocycles. The average molecular weight is 215 g/mol. The van der Waals surface area contributed by atoms with Crippen molar-refractivity contribution in [3.8, 4) is 0 Å². The molecule has 86 valence electrons. The highest BCUT2D eigenvalue weighted by Gasteiger charge is 2.11. The predicted molar refractivity (Wildman–Crippen MR) is 55.3 cm³/mol. The maximum absolute atomic E-state index is 11.3. The number of ether oxygens (including phenoxy) is 2. The first-order chi connectivity index (χ1) is 7.15. The second-order valence-corrected chi connectivity index (χ2v) is 2.85. The summed E-state index contributed by atoms with van der Waals surface area (Å²) in [6.45, 7) is 4.58. The molecule has 0 radical (unpaired) electrons. The summed E-state index contributed by atoms with van der Waals surface area (Å²) >= 11 is 0. The molecule has 1 amide bonds. The van der Waals surface area contributed by atoms with E-state index < -0.39 is 0 Å². The third-order valence-electron chi connectivity index (χ3n) is 1.87. The minimum absolute atomic E-state index is 0.180. The topological polar surface area (TPSA) is 55.8 Å². The molecule has 15 heavy (non-hydrogen) atoms. The minimum Gasteiger partial charge on any atom is -0.469 e. The van der Waals surface area contributed by atoms with Crippen molar-refractivity contribution in [1.82, 2.24) is 4.90 Å². The van der Waals surface area contributed by atoms with Crippen molar-refractivity contribution in [2.24, 2.45) is 0 Å². The van der Waals surface area contributed by atoms with Gasteiger partial charge < -0.3 is 14.4 Å². The highest BCUT2D eigenvalue weighted by molar-refractivity contribution is 5.87. The van der Waals surface area contributed by atoms with E-state index in [1.54, 1.807) is 7.11 Å². The zero-order valence-corrected chi connectivity index (χ0v) is 9.19. The minimum atomic E-state index is -0.339. The lowest BCUT2D eigenvalue weighted by atomic mass is 10.3. The molecule has 0 saturated carbocycles. The van der Waals surface area contributed by atoms with E-state index in [1.165, 1.54) is 18.1 Å².